The molecule has 0 fully saturated rings. The van der Waals surface area contributed by atoms with Gasteiger partial charge in [-0.05, 0) is 42.0 Å². The number of para-hydroxylation sites is 1. The van der Waals surface area contributed by atoms with E-state index in [9.17, 15) is 4.79 Å². The first-order chi connectivity index (χ1) is 14.1. The van der Waals surface area contributed by atoms with E-state index in [1.807, 2.05) is 60.7 Å². The quantitative estimate of drug-likeness (QED) is 0.314. The highest BCUT2D eigenvalue weighted by molar-refractivity contribution is 8.04. The van der Waals surface area contributed by atoms with Crippen molar-refractivity contribution in [2.45, 2.75) is 11.4 Å². The minimum absolute atomic E-state index is 0.0897. The third kappa shape index (κ3) is 3.40. The van der Waals surface area contributed by atoms with Gasteiger partial charge in [-0.25, -0.2) is 0 Å². The minimum atomic E-state index is 0.0897. The molecule has 142 valence electrons. The van der Waals surface area contributed by atoms with Crippen molar-refractivity contribution < 1.29 is 4.79 Å². The molecule has 1 aromatic heterocycles. The Balaban J connectivity index is 1.56. The second-order valence-electron chi connectivity index (χ2n) is 6.91. The lowest BCUT2D eigenvalue weighted by Crippen LogP contribution is -1.97. The van der Waals surface area contributed by atoms with Crippen molar-refractivity contribution >= 4 is 57.7 Å². The molecule has 5 rings (SSSR count). The molecule has 0 spiro atoms. The Kier molecular flexibility index (Phi) is 4.75. The first-order valence-corrected chi connectivity index (χ1v) is 10.7. The molecule has 2 nitrogen and oxygen atoms in total. The number of carbonyl (C=O) groups is 1. The van der Waals surface area contributed by atoms with Gasteiger partial charge in [0.25, 0.3) is 0 Å². The molecule has 0 unspecified atom stereocenters. The molecule has 0 saturated heterocycles. The van der Waals surface area contributed by atoms with Crippen LogP contribution in [-0.4, -0.2) is 10.4 Å². The monoisotopic (exact) mass is 435 g/mol. The topological polar surface area (TPSA) is 22.0 Å². The van der Waals surface area contributed by atoms with E-state index in [0.717, 1.165) is 37.4 Å². The summed E-state index contributed by atoms with van der Waals surface area (Å²) in [7, 11) is 0. The van der Waals surface area contributed by atoms with Gasteiger partial charge >= 0.3 is 0 Å². The zero-order valence-electron chi connectivity index (χ0n) is 15.2. The third-order valence-electron chi connectivity index (χ3n) is 5.02. The molecule has 0 radical (unpaired) electrons. The lowest BCUT2D eigenvalue weighted by atomic mass is 10.1. The predicted octanol–water partition coefficient (Wildman–Crippen LogP) is 7.33. The summed E-state index contributed by atoms with van der Waals surface area (Å²) < 4.78 is 2.18. The van der Waals surface area contributed by atoms with Gasteiger partial charge in [-0.15, -0.1) is 0 Å². The number of hydrogen-bond acceptors (Lipinski definition) is 2. The van der Waals surface area contributed by atoms with Gasteiger partial charge in [-0.1, -0.05) is 71.4 Å². The molecule has 29 heavy (non-hydrogen) atoms. The van der Waals surface area contributed by atoms with Crippen molar-refractivity contribution in [3.63, 3.8) is 0 Å². The fourth-order valence-electron chi connectivity index (χ4n) is 3.63. The van der Waals surface area contributed by atoms with Gasteiger partial charge in [0, 0.05) is 39.7 Å². The van der Waals surface area contributed by atoms with Crippen molar-refractivity contribution in [2.24, 2.45) is 0 Å². The Bertz CT molecular complexity index is 1310. The molecule has 0 aliphatic carbocycles. The summed E-state index contributed by atoms with van der Waals surface area (Å²) in [5.74, 6) is 0.0897. The van der Waals surface area contributed by atoms with Crippen LogP contribution in [-0.2, 0) is 6.54 Å². The molecule has 5 heteroatoms. The number of fused-ring (bicyclic) bond motifs is 2. The minimum Gasteiger partial charge on any atom is -0.342 e. The number of thioether (sulfide) groups is 1. The highest BCUT2D eigenvalue weighted by Crippen LogP contribution is 2.41. The zero-order valence-corrected chi connectivity index (χ0v) is 17.6. The number of nitrogens with zero attached hydrogens (tertiary/aromatic N) is 1. The summed E-state index contributed by atoms with van der Waals surface area (Å²) in [4.78, 5) is 14.6. The molecule has 1 aliphatic rings. The summed E-state index contributed by atoms with van der Waals surface area (Å²) in [6.45, 7) is 0.669. The number of allylic oxidation sites excluding steroid dienone is 1. The van der Waals surface area contributed by atoms with Gasteiger partial charge in [0.2, 0.25) is 5.78 Å². The molecule has 1 aliphatic heterocycles. The maximum absolute atomic E-state index is 12.8. The highest BCUT2D eigenvalue weighted by atomic mass is 35.5. The maximum atomic E-state index is 12.8. The van der Waals surface area contributed by atoms with E-state index in [1.165, 1.54) is 11.8 Å². The van der Waals surface area contributed by atoms with Crippen LogP contribution in [0.15, 0.2) is 82.7 Å². The van der Waals surface area contributed by atoms with Crippen LogP contribution in [0, 0.1) is 0 Å². The summed E-state index contributed by atoms with van der Waals surface area (Å²) in [5.41, 5.74) is 3.99. The van der Waals surface area contributed by atoms with Crippen molar-refractivity contribution in [3.05, 3.63) is 105 Å². The van der Waals surface area contributed by atoms with Crippen LogP contribution in [0.3, 0.4) is 0 Å². The van der Waals surface area contributed by atoms with Crippen LogP contribution in [0.25, 0.3) is 17.0 Å². The van der Waals surface area contributed by atoms with E-state index in [2.05, 4.69) is 22.9 Å². The van der Waals surface area contributed by atoms with Crippen molar-refractivity contribution in [1.29, 1.82) is 0 Å². The third-order valence-corrected chi connectivity index (χ3v) is 6.86. The van der Waals surface area contributed by atoms with E-state index in [-0.39, 0.29) is 5.78 Å². The number of aromatic nitrogens is 1. The van der Waals surface area contributed by atoms with E-state index < -0.39 is 0 Å². The molecule has 3 aromatic carbocycles. The lowest BCUT2D eigenvalue weighted by Gasteiger charge is -2.06. The van der Waals surface area contributed by atoms with Crippen LogP contribution >= 0.6 is 35.0 Å². The molecule has 4 aromatic rings. The average molecular weight is 436 g/mol. The van der Waals surface area contributed by atoms with E-state index in [1.54, 1.807) is 0 Å². The largest absolute Gasteiger partial charge is 0.342 e. The van der Waals surface area contributed by atoms with Gasteiger partial charge in [-0.2, -0.15) is 0 Å². The first-order valence-electron chi connectivity index (χ1n) is 9.15. The van der Waals surface area contributed by atoms with Gasteiger partial charge in [0.1, 0.15) is 0 Å². The molecule has 0 N–H and O–H groups in total. The number of benzene rings is 3. The van der Waals surface area contributed by atoms with Crippen molar-refractivity contribution in [2.75, 3.05) is 0 Å². The summed E-state index contributed by atoms with van der Waals surface area (Å²) in [5, 5.41) is 2.22. The molecule has 0 amide bonds. The molecular formula is C24H15Cl2NOS. The fraction of sp³-hybridized carbons (Fsp3) is 0.0417. The number of carbonyl (C=O) groups excluding carboxylic acids is 1. The SMILES string of the molecule is O=C1/C(=C/c2cn(Cc3ccc(Cl)c(Cl)c3)c3ccccc23)Sc2ccccc21. The molecule has 0 bridgehead atoms. The number of Topliss-reactive ketones (excluding diaryl/α,β-unsaturated/α-hetero) is 1. The van der Waals surface area contributed by atoms with Crippen LogP contribution in [0.5, 0.6) is 0 Å². The first kappa shape index (κ1) is 18.6. The van der Waals surface area contributed by atoms with Crippen LogP contribution in [0.4, 0.5) is 0 Å². The van der Waals surface area contributed by atoms with E-state index >= 15 is 0 Å². The van der Waals surface area contributed by atoms with Gasteiger partial charge < -0.3 is 4.57 Å². The maximum Gasteiger partial charge on any atom is 0.200 e. The standard InChI is InChI=1S/C24H15Cl2NOS/c25-19-10-9-15(11-20(19)26)13-27-14-16(17-5-1-3-7-21(17)27)12-23-24(28)18-6-2-4-8-22(18)29-23/h1-12,14H,13H2/b23-12-. The second-order valence-corrected chi connectivity index (χ2v) is 8.81. The van der Waals surface area contributed by atoms with Crippen LogP contribution in [0.1, 0.15) is 21.5 Å². The normalized spacial score (nSPS) is 14.7. The number of rotatable bonds is 3. The van der Waals surface area contributed by atoms with Crippen LogP contribution < -0.4 is 0 Å². The lowest BCUT2D eigenvalue weighted by molar-refractivity contribution is 0.104. The molecular weight excluding hydrogens is 421 g/mol. The molecule has 0 atom stereocenters. The van der Waals surface area contributed by atoms with Crippen molar-refractivity contribution in [1.82, 2.24) is 4.57 Å². The Labute approximate surface area is 182 Å². The Morgan fingerprint density at radius 3 is 2.55 bits per heavy atom. The molecule has 0 saturated carbocycles. The zero-order chi connectivity index (χ0) is 20.0. The van der Waals surface area contributed by atoms with Crippen LogP contribution in [0.2, 0.25) is 10.0 Å². The fourth-order valence-corrected chi connectivity index (χ4v) is 5.00. The molecule has 2 heterocycles. The highest BCUT2D eigenvalue weighted by Gasteiger charge is 2.25. The average Bonchev–Trinajstić information content (AvgIpc) is 3.23. The number of hydrogen-bond donors (Lipinski definition) is 0. The Hall–Kier alpha value is -2.46. The number of halogens is 2. The Morgan fingerprint density at radius 2 is 1.72 bits per heavy atom. The number of ketones is 1. The summed E-state index contributed by atoms with van der Waals surface area (Å²) in [6, 6.07) is 21.7. The van der Waals surface area contributed by atoms with Gasteiger partial charge in [0.05, 0.1) is 15.0 Å². The van der Waals surface area contributed by atoms with E-state index in [0.29, 0.717) is 16.6 Å². The second kappa shape index (κ2) is 7.42. The van der Waals surface area contributed by atoms with Gasteiger partial charge in [0.15, 0.2) is 0 Å². The summed E-state index contributed by atoms with van der Waals surface area (Å²) >= 11 is 13.8. The predicted molar refractivity (Wildman–Crippen MR) is 122 cm³/mol. The van der Waals surface area contributed by atoms with Crippen molar-refractivity contribution in [3.8, 4) is 0 Å². The van der Waals surface area contributed by atoms with Gasteiger partial charge in [-0.3, -0.25) is 4.79 Å². The van der Waals surface area contributed by atoms with E-state index in [4.69, 9.17) is 23.2 Å². The smallest absolute Gasteiger partial charge is 0.200 e. The summed E-state index contributed by atoms with van der Waals surface area (Å²) in [6.07, 6.45) is 4.09. The Morgan fingerprint density at radius 1 is 0.931 bits per heavy atom.